The molecule has 0 spiro atoms. The average molecular weight is 387 g/mol. The average Bonchev–Trinajstić information content (AvgIpc) is 3.01. The zero-order valence-corrected chi connectivity index (χ0v) is 15.4. The Hall–Kier alpha value is -1.79. The summed E-state index contributed by atoms with van der Waals surface area (Å²) >= 11 is 11.9. The van der Waals surface area contributed by atoms with Crippen LogP contribution in [0.1, 0.15) is 36.0 Å². The molecule has 1 heterocycles. The normalized spacial score (nSPS) is 16.8. The molecule has 0 aromatic heterocycles. The van der Waals surface area contributed by atoms with Crippen LogP contribution in [0.3, 0.4) is 0 Å². The number of likely N-dealkylation sites (tertiary alicyclic amines) is 1. The van der Waals surface area contributed by atoms with Crippen LogP contribution in [0.5, 0.6) is 0 Å². The van der Waals surface area contributed by atoms with Gasteiger partial charge in [0.05, 0.1) is 0 Å². The maximum atomic E-state index is 12.8. The number of carboxylic acids is 1. The van der Waals surface area contributed by atoms with E-state index in [1.165, 1.54) is 21.9 Å². The van der Waals surface area contributed by atoms with Crippen molar-refractivity contribution in [1.29, 1.82) is 0 Å². The number of rotatable bonds is 6. The number of carbonyl (C=O) groups is 3. The quantitative estimate of drug-likeness (QED) is 0.814. The van der Waals surface area contributed by atoms with Crippen molar-refractivity contribution in [3.8, 4) is 0 Å². The van der Waals surface area contributed by atoms with Gasteiger partial charge in [-0.15, -0.1) is 0 Å². The lowest BCUT2D eigenvalue weighted by Crippen LogP contribution is -2.46. The molecule has 1 saturated heterocycles. The van der Waals surface area contributed by atoms with Gasteiger partial charge in [0.1, 0.15) is 6.04 Å². The number of hydrogen-bond donors (Lipinski definition) is 1. The lowest BCUT2D eigenvalue weighted by Gasteiger charge is -2.28. The minimum absolute atomic E-state index is 0.00590. The molecule has 1 N–H and O–H groups in total. The van der Waals surface area contributed by atoms with Gasteiger partial charge in [-0.1, -0.05) is 23.2 Å². The lowest BCUT2D eigenvalue weighted by atomic mass is 10.1. The van der Waals surface area contributed by atoms with E-state index in [-0.39, 0.29) is 18.2 Å². The van der Waals surface area contributed by atoms with Crippen molar-refractivity contribution in [1.82, 2.24) is 9.80 Å². The largest absolute Gasteiger partial charge is 0.481 e. The van der Waals surface area contributed by atoms with Gasteiger partial charge in [0, 0.05) is 42.2 Å². The van der Waals surface area contributed by atoms with Gasteiger partial charge >= 0.3 is 5.97 Å². The second-order valence-corrected chi connectivity index (χ2v) is 6.94. The van der Waals surface area contributed by atoms with E-state index in [1.54, 1.807) is 13.1 Å². The van der Waals surface area contributed by atoms with E-state index < -0.39 is 12.0 Å². The molecule has 1 unspecified atom stereocenters. The predicted molar refractivity (Wildman–Crippen MR) is 95.0 cm³/mol. The SMILES string of the molecule is CN(CCCC(=O)O)C(=O)C1CCCN1C(=O)c1cc(Cl)cc(Cl)c1. The summed E-state index contributed by atoms with van der Waals surface area (Å²) in [7, 11) is 1.63. The molecule has 1 fully saturated rings. The highest BCUT2D eigenvalue weighted by atomic mass is 35.5. The summed E-state index contributed by atoms with van der Waals surface area (Å²) in [5, 5.41) is 9.41. The molecule has 1 aromatic rings. The molecule has 1 aliphatic rings. The second-order valence-electron chi connectivity index (χ2n) is 6.07. The smallest absolute Gasteiger partial charge is 0.303 e. The van der Waals surface area contributed by atoms with E-state index >= 15 is 0 Å². The summed E-state index contributed by atoms with van der Waals surface area (Å²) < 4.78 is 0. The van der Waals surface area contributed by atoms with Crippen LogP contribution in [0, 0.1) is 0 Å². The third kappa shape index (κ3) is 5.09. The Morgan fingerprint density at radius 1 is 1.24 bits per heavy atom. The summed E-state index contributed by atoms with van der Waals surface area (Å²) in [4.78, 5) is 39.0. The Balaban J connectivity index is 2.06. The molecule has 1 atom stereocenters. The number of carboxylic acid groups (broad SMARTS) is 1. The number of likely N-dealkylation sites (N-methyl/N-ethyl adjacent to an activating group) is 1. The van der Waals surface area contributed by atoms with Crippen molar-refractivity contribution in [2.45, 2.75) is 31.7 Å². The number of amides is 2. The molecule has 1 aromatic carbocycles. The lowest BCUT2D eigenvalue weighted by molar-refractivity contribution is -0.138. The van der Waals surface area contributed by atoms with Crippen LogP contribution in [-0.2, 0) is 9.59 Å². The second kappa shape index (κ2) is 8.54. The molecule has 6 nitrogen and oxygen atoms in total. The summed E-state index contributed by atoms with van der Waals surface area (Å²) in [6, 6.07) is 4.07. The number of aliphatic carboxylic acids is 1. The summed E-state index contributed by atoms with van der Waals surface area (Å²) in [6.45, 7) is 0.828. The first-order chi connectivity index (χ1) is 11.8. The van der Waals surface area contributed by atoms with Gasteiger partial charge in [0.25, 0.3) is 5.91 Å². The number of benzene rings is 1. The van der Waals surface area contributed by atoms with Crippen molar-refractivity contribution in [3.63, 3.8) is 0 Å². The molecule has 0 radical (unpaired) electrons. The van der Waals surface area contributed by atoms with E-state index in [9.17, 15) is 14.4 Å². The summed E-state index contributed by atoms with van der Waals surface area (Å²) in [5.74, 6) is -1.35. The Kier molecular flexibility index (Phi) is 6.67. The highest BCUT2D eigenvalue weighted by molar-refractivity contribution is 6.35. The molecule has 2 amide bonds. The highest BCUT2D eigenvalue weighted by Gasteiger charge is 2.36. The van der Waals surface area contributed by atoms with Crippen molar-refractivity contribution in [3.05, 3.63) is 33.8 Å². The number of nitrogens with zero attached hydrogens (tertiary/aromatic N) is 2. The molecule has 0 saturated carbocycles. The molecule has 25 heavy (non-hydrogen) atoms. The van der Waals surface area contributed by atoms with E-state index in [4.69, 9.17) is 28.3 Å². The fourth-order valence-electron chi connectivity index (χ4n) is 2.94. The van der Waals surface area contributed by atoms with Crippen LogP contribution in [-0.4, -0.2) is 58.9 Å². The molecular weight excluding hydrogens is 367 g/mol. The van der Waals surface area contributed by atoms with Crippen molar-refractivity contribution in [2.24, 2.45) is 0 Å². The first kappa shape index (κ1) is 19.5. The molecule has 0 aliphatic carbocycles. The Morgan fingerprint density at radius 3 is 2.48 bits per heavy atom. The summed E-state index contributed by atoms with van der Waals surface area (Å²) in [5.41, 5.74) is 0.353. The maximum Gasteiger partial charge on any atom is 0.303 e. The third-order valence-electron chi connectivity index (χ3n) is 4.17. The Labute approximate surface area is 156 Å². The maximum absolute atomic E-state index is 12.8. The minimum Gasteiger partial charge on any atom is -0.481 e. The monoisotopic (exact) mass is 386 g/mol. The van der Waals surface area contributed by atoms with E-state index in [1.807, 2.05) is 0 Å². The predicted octanol–water partition coefficient (Wildman–Crippen LogP) is 2.92. The fourth-order valence-corrected chi connectivity index (χ4v) is 3.47. The molecule has 0 bridgehead atoms. The van der Waals surface area contributed by atoms with E-state index in [0.717, 1.165) is 6.42 Å². The van der Waals surface area contributed by atoms with Crippen molar-refractivity contribution < 1.29 is 19.5 Å². The minimum atomic E-state index is -0.892. The molecular formula is C17H20Cl2N2O4. The van der Waals surface area contributed by atoms with Gasteiger partial charge in [-0.05, 0) is 37.5 Å². The number of hydrogen-bond acceptors (Lipinski definition) is 3. The van der Waals surface area contributed by atoms with Gasteiger partial charge in [0.2, 0.25) is 5.91 Å². The highest BCUT2D eigenvalue weighted by Crippen LogP contribution is 2.25. The zero-order chi connectivity index (χ0) is 18.6. The third-order valence-corrected chi connectivity index (χ3v) is 4.61. The topological polar surface area (TPSA) is 77.9 Å². The standard InChI is InChI=1S/C17H20Cl2N2O4/c1-20(6-3-5-15(22)23)17(25)14-4-2-7-21(14)16(24)11-8-12(18)10-13(19)9-11/h8-10,14H,2-7H2,1H3,(H,22,23). The molecule has 1 aliphatic heterocycles. The van der Waals surface area contributed by atoms with Gasteiger partial charge in [0.15, 0.2) is 0 Å². The number of halogens is 2. The van der Waals surface area contributed by atoms with Crippen LogP contribution in [0.15, 0.2) is 18.2 Å². The fraction of sp³-hybridized carbons (Fsp3) is 0.471. The van der Waals surface area contributed by atoms with E-state index in [0.29, 0.717) is 41.5 Å². The zero-order valence-electron chi connectivity index (χ0n) is 13.9. The van der Waals surface area contributed by atoms with Crippen LogP contribution in [0.2, 0.25) is 10.0 Å². The van der Waals surface area contributed by atoms with Crippen LogP contribution in [0.4, 0.5) is 0 Å². The van der Waals surface area contributed by atoms with Crippen molar-refractivity contribution >= 4 is 41.0 Å². The Morgan fingerprint density at radius 2 is 1.88 bits per heavy atom. The van der Waals surface area contributed by atoms with E-state index in [2.05, 4.69) is 0 Å². The van der Waals surface area contributed by atoms with Gasteiger partial charge < -0.3 is 14.9 Å². The van der Waals surface area contributed by atoms with Crippen LogP contribution in [0.25, 0.3) is 0 Å². The van der Waals surface area contributed by atoms with Crippen LogP contribution >= 0.6 is 23.2 Å². The van der Waals surface area contributed by atoms with Gasteiger partial charge in [-0.3, -0.25) is 14.4 Å². The first-order valence-electron chi connectivity index (χ1n) is 8.03. The molecule has 2 rings (SSSR count). The first-order valence-corrected chi connectivity index (χ1v) is 8.79. The molecule has 136 valence electrons. The van der Waals surface area contributed by atoms with Crippen molar-refractivity contribution in [2.75, 3.05) is 20.1 Å². The van der Waals surface area contributed by atoms with Crippen LogP contribution < -0.4 is 0 Å². The Bertz CT molecular complexity index is 660. The van der Waals surface area contributed by atoms with Gasteiger partial charge in [-0.25, -0.2) is 0 Å². The summed E-state index contributed by atoms with van der Waals surface area (Å²) in [6.07, 6.45) is 1.70. The van der Waals surface area contributed by atoms with Gasteiger partial charge in [-0.2, -0.15) is 0 Å². The molecule has 8 heteroatoms. The number of carbonyl (C=O) groups excluding carboxylic acids is 2.